The number of fused-ring (bicyclic) bond motifs is 2. The molecule has 1 aliphatic carbocycles. The summed E-state index contributed by atoms with van der Waals surface area (Å²) in [4.78, 5) is 15.1. The average molecular weight is 314 g/mol. The lowest BCUT2D eigenvalue weighted by atomic mass is 9.90. The summed E-state index contributed by atoms with van der Waals surface area (Å²) in [7, 11) is 0. The second kappa shape index (κ2) is 6.26. The summed E-state index contributed by atoms with van der Waals surface area (Å²) < 4.78 is 5.26. The summed E-state index contributed by atoms with van der Waals surface area (Å²) in [6.07, 6.45) is 7.48. The lowest BCUT2D eigenvalue weighted by Crippen LogP contribution is -2.33. The number of aromatic nitrogens is 1. The van der Waals surface area contributed by atoms with E-state index in [0.717, 1.165) is 6.42 Å². The minimum absolute atomic E-state index is 0.352. The van der Waals surface area contributed by atoms with Crippen LogP contribution in [0.25, 0.3) is 10.9 Å². The van der Waals surface area contributed by atoms with E-state index >= 15 is 0 Å². The molecule has 0 spiro atoms. The molecule has 3 rings (SSSR count). The van der Waals surface area contributed by atoms with Crippen LogP contribution in [-0.2, 0) is 24.0 Å². The molecule has 1 aromatic heterocycles. The third-order valence-corrected chi connectivity index (χ3v) is 4.29. The Morgan fingerprint density at radius 3 is 2.61 bits per heavy atom. The smallest absolute Gasteiger partial charge is 0.407 e. The highest BCUT2D eigenvalue weighted by Gasteiger charge is 2.16. The highest BCUT2D eigenvalue weighted by molar-refractivity contribution is 5.85. The maximum Gasteiger partial charge on any atom is 0.407 e. The third-order valence-electron chi connectivity index (χ3n) is 4.29. The largest absolute Gasteiger partial charge is 0.444 e. The topological polar surface area (TPSA) is 54.1 Å². The van der Waals surface area contributed by atoms with Crippen molar-refractivity contribution < 1.29 is 9.53 Å². The Labute approximate surface area is 137 Å². The number of H-pyrrole nitrogens is 1. The van der Waals surface area contributed by atoms with Crippen LogP contribution in [0.15, 0.2) is 18.3 Å². The normalized spacial score (nSPS) is 14.6. The Kier molecular flexibility index (Phi) is 4.33. The predicted octanol–water partition coefficient (Wildman–Crippen LogP) is 4.11. The number of carbonyl (C=O) groups excluding carboxylic acids is 1. The van der Waals surface area contributed by atoms with Crippen LogP contribution < -0.4 is 5.32 Å². The lowest BCUT2D eigenvalue weighted by molar-refractivity contribution is 0.0528. The minimum Gasteiger partial charge on any atom is -0.444 e. The summed E-state index contributed by atoms with van der Waals surface area (Å²) in [6, 6.07) is 4.64. The number of hydrogen-bond acceptors (Lipinski definition) is 2. The number of alkyl carbamates (subject to hydrolysis) is 1. The molecule has 0 radical (unpaired) electrons. The van der Waals surface area contributed by atoms with Crippen molar-refractivity contribution in [3.8, 4) is 0 Å². The van der Waals surface area contributed by atoms with Crippen LogP contribution in [0.1, 0.15) is 50.3 Å². The zero-order valence-corrected chi connectivity index (χ0v) is 14.3. The van der Waals surface area contributed by atoms with Crippen molar-refractivity contribution >= 4 is 17.0 Å². The first-order chi connectivity index (χ1) is 10.9. The van der Waals surface area contributed by atoms with Crippen molar-refractivity contribution in [2.75, 3.05) is 6.54 Å². The van der Waals surface area contributed by atoms with Gasteiger partial charge < -0.3 is 15.0 Å². The molecule has 4 heteroatoms. The van der Waals surface area contributed by atoms with Crippen molar-refractivity contribution in [3.05, 3.63) is 35.0 Å². The Hall–Kier alpha value is -1.97. The number of nitrogens with one attached hydrogen (secondary N) is 2. The number of benzene rings is 1. The summed E-state index contributed by atoms with van der Waals surface area (Å²) in [5.74, 6) is 0. The molecule has 1 aromatic carbocycles. The molecule has 23 heavy (non-hydrogen) atoms. The zero-order valence-electron chi connectivity index (χ0n) is 14.3. The fourth-order valence-electron chi connectivity index (χ4n) is 3.23. The molecule has 2 aromatic rings. The van der Waals surface area contributed by atoms with Gasteiger partial charge in [0.15, 0.2) is 0 Å². The molecule has 4 nitrogen and oxygen atoms in total. The number of ether oxygens (including phenoxy) is 1. The minimum atomic E-state index is -0.454. The van der Waals surface area contributed by atoms with E-state index in [1.165, 1.54) is 53.3 Å². The Morgan fingerprint density at radius 1 is 1.22 bits per heavy atom. The first kappa shape index (κ1) is 15.9. The first-order valence-corrected chi connectivity index (χ1v) is 8.51. The van der Waals surface area contributed by atoms with Gasteiger partial charge in [-0.05, 0) is 81.7 Å². The lowest BCUT2D eigenvalue weighted by Gasteiger charge is -2.19. The first-order valence-electron chi connectivity index (χ1n) is 8.51. The molecule has 0 aliphatic heterocycles. The van der Waals surface area contributed by atoms with Crippen molar-refractivity contribution in [3.63, 3.8) is 0 Å². The van der Waals surface area contributed by atoms with E-state index in [2.05, 4.69) is 28.6 Å². The maximum absolute atomic E-state index is 11.7. The van der Waals surface area contributed by atoms with Crippen molar-refractivity contribution in [2.24, 2.45) is 0 Å². The van der Waals surface area contributed by atoms with Crippen LogP contribution in [0.2, 0.25) is 0 Å². The van der Waals surface area contributed by atoms with Gasteiger partial charge in [0.1, 0.15) is 5.60 Å². The van der Waals surface area contributed by atoms with E-state index in [1.54, 1.807) is 0 Å². The van der Waals surface area contributed by atoms with Crippen LogP contribution in [0.3, 0.4) is 0 Å². The van der Waals surface area contributed by atoms with Crippen LogP contribution in [0.5, 0.6) is 0 Å². The number of aromatic amines is 1. The van der Waals surface area contributed by atoms with E-state index in [4.69, 9.17) is 4.74 Å². The van der Waals surface area contributed by atoms with E-state index in [0.29, 0.717) is 6.54 Å². The van der Waals surface area contributed by atoms with Crippen LogP contribution in [0, 0.1) is 0 Å². The Morgan fingerprint density at radius 2 is 1.91 bits per heavy atom. The predicted molar refractivity (Wildman–Crippen MR) is 92.9 cm³/mol. The van der Waals surface area contributed by atoms with Gasteiger partial charge in [-0.2, -0.15) is 0 Å². The van der Waals surface area contributed by atoms with Crippen LogP contribution >= 0.6 is 0 Å². The van der Waals surface area contributed by atoms with Crippen molar-refractivity contribution in [1.82, 2.24) is 10.3 Å². The van der Waals surface area contributed by atoms with E-state index < -0.39 is 5.60 Å². The van der Waals surface area contributed by atoms with Crippen LogP contribution in [-0.4, -0.2) is 23.2 Å². The molecule has 0 unspecified atom stereocenters. The molecule has 0 fully saturated rings. The second-order valence-electron chi connectivity index (χ2n) is 7.37. The van der Waals surface area contributed by atoms with Gasteiger partial charge in [-0.1, -0.05) is 0 Å². The summed E-state index contributed by atoms with van der Waals surface area (Å²) in [6.45, 7) is 6.19. The summed E-state index contributed by atoms with van der Waals surface area (Å²) in [5, 5.41) is 4.12. The van der Waals surface area contributed by atoms with Gasteiger partial charge >= 0.3 is 6.09 Å². The van der Waals surface area contributed by atoms with E-state index in [1.807, 2.05) is 20.8 Å². The van der Waals surface area contributed by atoms with Gasteiger partial charge in [-0.3, -0.25) is 0 Å². The van der Waals surface area contributed by atoms with Gasteiger partial charge in [-0.15, -0.1) is 0 Å². The van der Waals surface area contributed by atoms with Crippen LogP contribution in [0.4, 0.5) is 4.79 Å². The molecular formula is C19H26N2O2. The molecule has 2 N–H and O–H groups in total. The second-order valence-corrected chi connectivity index (χ2v) is 7.37. The van der Waals surface area contributed by atoms with Gasteiger partial charge in [0.05, 0.1) is 0 Å². The highest BCUT2D eigenvalue weighted by Crippen LogP contribution is 2.28. The molecule has 0 saturated carbocycles. The molecule has 0 saturated heterocycles. The molecule has 124 valence electrons. The monoisotopic (exact) mass is 314 g/mol. The average Bonchev–Trinajstić information content (AvgIpc) is 2.85. The third kappa shape index (κ3) is 3.87. The fraction of sp³-hybridized carbons (Fsp3) is 0.526. The fourth-order valence-corrected chi connectivity index (χ4v) is 3.23. The quantitative estimate of drug-likeness (QED) is 0.895. The molecule has 1 heterocycles. The van der Waals surface area contributed by atoms with Gasteiger partial charge in [0.2, 0.25) is 0 Å². The molecule has 1 amide bonds. The van der Waals surface area contributed by atoms with Gasteiger partial charge in [0, 0.05) is 23.6 Å². The molecular weight excluding hydrogens is 288 g/mol. The van der Waals surface area contributed by atoms with Gasteiger partial charge in [-0.25, -0.2) is 4.79 Å². The zero-order chi connectivity index (χ0) is 16.4. The maximum atomic E-state index is 11.7. The summed E-state index contributed by atoms with van der Waals surface area (Å²) in [5.41, 5.74) is 4.99. The van der Waals surface area contributed by atoms with Gasteiger partial charge in [0.25, 0.3) is 0 Å². The Bertz CT molecular complexity index is 710. The summed E-state index contributed by atoms with van der Waals surface area (Å²) >= 11 is 0. The van der Waals surface area contributed by atoms with E-state index in [-0.39, 0.29) is 6.09 Å². The van der Waals surface area contributed by atoms with Crippen molar-refractivity contribution in [1.29, 1.82) is 0 Å². The molecule has 0 atom stereocenters. The number of amides is 1. The molecule has 0 bridgehead atoms. The number of rotatable bonds is 3. The van der Waals surface area contributed by atoms with Crippen molar-refractivity contribution in [2.45, 2.75) is 58.5 Å². The SMILES string of the molecule is CC(C)(C)OC(=O)NCCc1c[nH]c2cc3c(cc12)CCCC3. The highest BCUT2D eigenvalue weighted by atomic mass is 16.6. The van der Waals surface area contributed by atoms with E-state index in [9.17, 15) is 4.79 Å². The number of hydrogen-bond donors (Lipinski definition) is 2. The standard InChI is InChI=1S/C19H26N2O2/c1-19(2,3)23-18(22)20-9-8-15-12-21-17-11-14-7-5-4-6-13(14)10-16(15)17/h10-12,21H,4-9H2,1-3H3,(H,20,22). The number of carbonyl (C=O) groups is 1. The Balaban J connectivity index is 1.65. The molecule has 1 aliphatic rings. The number of aryl methyl sites for hydroxylation is 2.